The van der Waals surface area contributed by atoms with Gasteiger partial charge in [0.05, 0.1) is 0 Å². The predicted molar refractivity (Wildman–Crippen MR) is 91.6 cm³/mol. The van der Waals surface area contributed by atoms with Gasteiger partial charge in [-0.2, -0.15) is 0 Å². The number of hydrogen-bond donors (Lipinski definition) is 1. The molecule has 0 saturated heterocycles. The molecule has 0 radical (unpaired) electrons. The van der Waals surface area contributed by atoms with Crippen molar-refractivity contribution in [2.75, 3.05) is 7.05 Å². The van der Waals surface area contributed by atoms with Gasteiger partial charge in [0.15, 0.2) is 0 Å². The molecule has 0 saturated carbocycles. The van der Waals surface area contributed by atoms with E-state index >= 15 is 0 Å². The summed E-state index contributed by atoms with van der Waals surface area (Å²) in [5, 5.41) is 0. The first kappa shape index (κ1) is 16.1. The number of rotatable bonds is 5. The van der Waals surface area contributed by atoms with E-state index in [1.165, 1.54) is 11.6 Å². The SMILES string of the molecule is CN(Cc1cccc(Br)c1)Cc1ccc(F)c(C(N)=S)c1. The number of thiocarbonyl (C=S) groups is 1. The molecule has 0 spiro atoms. The van der Waals surface area contributed by atoms with E-state index in [0.717, 1.165) is 16.6 Å². The van der Waals surface area contributed by atoms with E-state index in [1.54, 1.807) is 12.1 Å². The molecule has 0 aliphatic carbocycles. The van der Waals surface area contributed by atoms with Crippen molar-refractivity contribution >= 4 is 33.1 Å². The molecule has 21 heavy (non-hydrogen) atoms. The smallest absolute Gasteiger partial charge is 0.133 e. The highest BCUT2D eigenvalue weighted by Crippen LogP contribution is 2.16. The van der Waals surface area contributed by atoms with Gasteiger partial charge in [-0.05, 0) is 42.4 Å². The summed E-state index contributed by atoms with van der Waals surface area (Å²) in [5.41, 5.74) is 8.03. The second-order valence-corrected chi connectivity index (χ2v) is 6.34. The van der Waals surface area contributed by atoms with Gasteiger partial charge >= 0.3 is 0 Å². The van der Waals surface area contributed by atoms with E-state index in [2.05, 4.69) is 33.0 Å². The van der Waals surface area contributed by atoms with E-state index in [9.17, 15) is 4.39 Å². The number of nitrogens with two attached hydrogens (primary N) is 1. The first-order valence-corrected chi connectivity index (χ1v) is 7.67. The van der Waals surface area contributed by atoms with Crippen LogP contribution in [-0.2, 0) is 13.1 Å². The Hall–Kier alpha value is -1.30. The van der Waals surface area contributed by atoms with Crippen LogP contribution < -0.4 is 5.73 Å². The fraction of sp³-hybridized carbons (Fsp3) is 0.188. The van der Waals surface area contributed by atoms with Gasteiger partial charge in [-0.15, -0.1) is 0 Å². The lowest BCUT2D eigenvalue weighted by Crippen LogP contribution is -2.18. The molecular formula is C16H16BrFN2S. The molecule has 2 nitrogen and oxygen atoms in total. The third-order valence-electron chi connectivity index (χ3n) is 3.09. The average Bonchev–Trinajstić information content (AvgIpc) is 2.40. The normalized spacial score (nSPS) is 10.9. The van der Waals surface area contributed by atoms with Crippen molar-refractivity contribution in [1.29, 1.82) is 0 Å². The summed E-state index contributed by atoms with van der Waals surface area (Å²) in [7, 11) is 2.02. The second kappa shape index (κ2) is 7.11. The molecule has 0 amide bonds. The Bertz CT molecular complexity index is 660. The van der Waals surface area contributed by atoms with E-state index in [4.69, 9.17) is 18.0 Å². The van der Waals surface area contributed by atoms with Crippen LogP contribution in [0.2, 0.25) is 0 Å². The minimum absolute atomic E-state index is 0.0870. The van der Waals surface area contributed by atoms with Crippen LogP contribution in [0.4, 0.5) is 4.39 Å². The molecule has 2 rings (SSSR count). The first-order valence-electron chi connectivity index (χ1n) is 6.47. The minimum Gasteiger partial charge on any atom is -0.389 e. The van der Waals surface area contributed by atoms with Crippen LogP contribution in [0.1, 0.15) is 16.7 Å². The van der Waals surface area contributed by atoms with Crippen molar-refractivity contribution in [3.8, 4) is 0 Å². The van der Waals surface area contributed by atoms with Crippen LogP contribution in [0.25, 0.3) is 0 Å². The van der Waals surface area contributed by atoms with Crippen LogP contribution >= 0.6 is 28.1 Å². The van der Waals surface area contributed by atoms with E-state index < -0.39 is 0 Å². The van der Waals surface area contributed by atoms with E-state index in [-0.39, 0.29) is 10.8 Å². The van der Waals surface area contributed by atoms with Crippen molar-refractivity contribution in [3.63, 3.8) is 0 Å². The van der Waals surface area contributed by atoms with Gasteiger partial charge in [0.1, 0.15) is 10.8 Å². The summed E-state index contributed by atoms with van der Waals surface area (Å²) in [6.45, 7) is 1.50. The van der Waals surface area contributed by atoms with E-state index in [0.29, 0.717) is 12.1 Å². The summed E-state index contributed by atoms with van der Waals surface area (Å²) in [6.07, 6.45) is 0. The van der Waals surface area contributed by atoms with Crippen molar-refractivity contribution in [1.82, 2.24) is 4.90 Å². The van der Waals surface area contributed by atoms with Gasteiger partial charge < -0.3 is 5.73 Å². The lowest BCUT2D eigenvalue weighted by atomic mass is 10.1. The second-order valence-electron chi connectivity index (χ2n) is 4.98. The molecule has 5 heteroatoms. The maximum atomic E-state index is 13.6. The lowest BCUT2D eigenvalue weighted by molar-refractivity contribution is 0.319. The Morgan fingerprint density at radius 1 is 1.19 bits per heavy atom. The van der Waals surface area contributed by atoms with Gasteiger partial charge in [-0.3, -0.25) is 4.90 Å². The molecular weight excluding hydrogens is 351 g/mol. The maximum absolute atomic E-state index is 13.6. The monoisotopic (exact) mass is 366 g/mol. The van der Waals surface area contributed by atoms with E-state index in [1.807, 2.05) is 19.2 Å². The number of nitrogens with zero attached hydrogens (tertiary/aromatic N) is 1. The Balaban J connectivity index is 2.07. The number of halogens is 2. The van der Waals surface area contributed by atoms with Crippen molar-refractivity contribution in [2.24, 2.45) is 5.73 Å². The van der Waals surface area contributed by atoms with Gasteiger partial charge in [0.2, 0.25) is 0 Å². The van der Waals surface area contributed by atoms with Crippen LogP contribution in [0.5, 0.6) is 0 Å². The third-order valence-corrected chi connectivity index (χ3v) is 3.80. The fourth-order valence-electron chi connectivity index (χ4n) is 2.17. The van der Waals surface area contributed by atoms with Crippen molar-refractivity contribution in [2.45, 2.75) is 13.1 Å². The summed E-state index contributed by atoms with van der Waals surface area (Å²) in [6, 6.07) is 13.1. The Kier molecular flexibility index (Phi) is 5.45. The molecule has 2 aromatic carbocycles. The largest absolute Gasteiger partial charge is 0.389 e. The molecule has 0 heterocycles. The highest BCUT2D eigenvalue weighted by Gasteiger charge is 2.08. The molecule has 0 aliphatic heterocycles. The highest BCUT2D eigenvalue weighted by atomic mass is 79.9. The summed E-state index contributed by atoms with van der Waals surface area (Å²) >= 11 is 8.32. The zero-order chi connectivity index (χ0) is 15.4. The van der Waals surface area contributed by atoms with Crippen LogP contribution in [-0.4, -0.2) is 16.9 Å². The average molecular weight is 367 g/mol. The Morgan fingerprint density at radius 2 is 1.86 bits per heavy atom. The first-order chi connectivity index (χ1) is 9.95. The lowest BCUT2D eigenvalue weighted by Gasteiger charge is -2.17. The molecule has 0 aliphatic rings. The number of benzene rings is 2. The summed E-state index contributed by atoms with van der Waals surface area (Å²) in [4.78, 5) is 2.24. The van der Waals surface area contributed by atoms with Crippen LogP contribution in [0.15, 0.2) is 46.9 Å². The van der Waals surface area contributed by atoms with Gasteiger partial charge in [0, 0.05) is 23.1 Å². The predicted octanol–water partition coefficient (Wildman–Crippen LogP) is 3.85. The maximum Gasteiger partial charge on any atom is 0.133 e. The molecule has 110 valence electrons. The minimum atomic E-state index is -0.374. The molecule has 0 unspecified atom stereocenters. The highest BCUT2D eigenvalue weighted by molar-refractivity contribution is 9.10. The standard InChI is InChI=1S/C16H16BrFN2S/c1-20(9-11-3-2-4-13(17)7-11)10-12-5-6-15(18)14(8-12)16(19)21/h2-8H,9-10H2,1H3,(H2,19,21). The molecule has 2 N–H and O–H groups in total. The fourth-order valence-corrected chi connectivity index (χ4v) is 2.78. The van der Waals surface area contributed by atoms with Crippen LogP contribution in [0, 0.1) is 5.82 Å². The van der Waals surface area contributed by atoms with Gasteiger partial charge in [-0.1, -0.05) is 46.3 Å². The zero-order valence-corrected chi connectivity index (χ0v) is 14.0. The van der Waals surface area contributed by atoms with Crippen molar-refractivity contribution < 1.29 is 4.39 Å². The Labute approximate surface area is 137 Å². The molecule has 0 fully saturated rings. The Morgan fingerprint density at radius 3 is 2.48 bits per heavy atom. The zero-order valence-electron chi connectivity index (χ0n) is 11.6. The quantitative estimate of drug-likeness (QED) is 0.814. The molecule has 2 aromatic rings. The van der Waals surface area contributed by atoms with Gasteiger partial charge in [0.25, 0.3) is 0 Å². The van der Waals surface area contributed by atoms with Crippen LogP contribution in [0.3, 0.4) is 0 Å². The molecule has 0 aromatic heterocycles. The van der Waals surface area contributed by atoms with Crippen molar-refractivity contribution in [3.05, 3.63) is 69.4 Å². The van der Waals surface area contributed by atoms with Gasteiger partial charge in [-0.25, -0.2) is 4.39 Å². The molecule has 0 bridgehead atoms. The summed E-state index contributed by atoms with van der Waals surface area (Å²) in [5.74, 6) is -0.374. The number of hydrogen-bond acceptors (Lipinski definition) is 2. The molecule has 0 atom stereocenters. The summed E-state index contributed by atoms with van der Waals surface area (Å²) < 4.78 is 14.6. The topological polar surface area (TPSA) is 29.3 Å². The third kappa shape index (κ3) is 4.59.